The highest BCUT2D eigenvalue weighted by atomic mass is 32.2. The molecule has 0 bridgehead atoms. The molecule has 1 fully saturated rings. The molecule has 0 aliphatic heterocycles. The van der Waals surface area contributed by atoms with Crippen LogP contribution in [0.15, 0.2) is 66.7 Å². The van der Waals surface area contributed by atoms with E-state index in [-0.39, 0.29) is 17.1 Å². The summed E-state index contributed by atoms with van der Waals surface area (Å²) in [4.78, 5) is 16.2. The second kappa shape index (κ2) is 12.4. The number of carbonyl (C=O) groups is 1. The predicted octanol–water partition coefficient (Wildman–Crippen LogP) is 8.36. The molecular weight excluding hydrogens is 551 g/mol. The summed E-state index contributed by atoms with van der Waals surface area (Å²) >= 11 is 3.51. The minimum atomic E-state index is -0.907. The van der Waals surface area contributed by atoms with Gasteiger partial charge in [0.2, 0.25) is 0 Å². The summed E-state index contributed by atoms with van der Waals surface area (Å²) in [6, 6.07) is 22.7. The molecule has 41 heavy (non-hydrogen) atoms. The van der Waals surface area contributed by atoms with E-state index in [4.69, 9.17) is 9.72 Å². The number of aromatic nitrogens is 1. The first-order valence-electron chi connectivity index (χ1n) is 14.0. The lowest BCUT2D eigenvalue weighted by molar-refractivity contribution is -0.138. The molecule has 0 amide bonds. The molecule has 4 aromatic rings. The Morgan fingerprint density at radius 2 is 1.93 bits per heavy atom. The van der Waals surface area contributed by atoms with Gasteiger partial charge in [-0.3, -0.25) is 4.79 Å². The Balaban J connectivity index is 1.36. The Labute approximate surface area is 250 Å². The zero-order valence-electron chi connectivity index (χ0n) is 23.8. The van der Waals surface area contributed by atoms with Crippen LogP contribution in [-0.4, -0.2) is 34.0 Å². The van der Waals surface area contributed by atoms with Crippen LogP contribution in [0.2, 0.25) is 0 Å². The van der Waals surface area contributed by atoms with Crippen LogP contribution < -0.4 is 4.74 Å². The Morgan fingerprint density at radius 1 is 1.12 bits per heavy atom. The van der Waals surface area contributed by atoms with E-state index in [0.29, 0.717) is 0 Å². The lowest BCUT2D eigenvalue weighted by Gasteiger charge is -2.24. The number of ether oxygens (including phenoxy) is 1. The van der Waals surface area contributed by atoms with Crippen molar-refractivity contribution in [3.05, 3.63) is 94.0 Å². The average molecular weight is 588 g/mol. The third-order valence-corrected chi connectivity index (χ3v) is 10.4. The van der Waals surface area contributed by atoms with Gasteiger partial charge in [0, 0.05) is 11.0 Å². The third kappa shape index (κ3) is 7.59. The number of benzene rings is 3. The number of carboxylic acid groups (broad SMARTS) is 1. The number of carboxylic acids is 1. The lowest BCUT2D eigenvalue weighted by atomic mass is 9.90. The highest BCUT2D eigenvalue weighted by Gasteiger charge is 2.44. The number of aliphatic hydroxyl groups is 1. The number of thiazole rings is 1. The first kappa shape index (κ1) is 29.4. The normalized spacial score (nSPS) is 15.3. The highest BCUT2D eigenvalue weighted by molar-refractivity contribution is 7.99. The van der Waals surface area contributed by atoms with Crippen molar-refractivity contribution >= 4 is 51.4 Å². The highest BCUT2D eigenvalue weighted by Crippen LogP contribution is 2.53. The topological polar surface area (TPSA) is 79.7 Å². The van der Waals surface area contributed by atoms with Crippen LogP contribution in [0.5, 0.6) is 5.75 Å². The van der Waals surface area contributed by atoms with Gasteiger partial charge in [0.15, 0.2) is 0 Å². The van der Waals surface area contributed by atoms with Gasteiger partial charge < -0.3 is 14.9 Å². The first-order valence-corrected chi connectivity index (χ1v) is 15.9. The fourth-order valence-electron chi connectivity index (χ4n) is 5.27. The number of rotatable bonds is 13. The molecule has 0 saturated heterocycles. The monoisotopic (exact) mass is 587 g/mol. The van der Waals surface area contributed by atoms with E-state index < -0.39 is 11.6 Å². The van der Waals surface area contributed by atoms with Crippen LogP contribution in [0.3, 0.4) is 0 Å². The van der Waals surface area contributed by atoms with E-state index in [1.807, 2.05) is 62.0 Å². The quantitative estimate of drug-likeness (QED) is 0.164. The molecular formula is C34H37NO4S2. The standard InChI is InChI=1S/C34H37NO4S2/c1-33(2,38)27-10-5-4-8-24(27)12-15-29(40-22-34(17-18-34)21-32(36)37)25-9-6-7-23(19-25)11-16-31-35-28-14-13-26(39-3)20-30(28)41-31/h4-11,13-14,16,19-20,29,38H,12,15,17-18,21-22H2,1-3H3,(H,36,37)/b16-11+/t29-/m1/s1. The molecule has 0 spiro atoms. The minimum Gasteiger partial charge on any atom is -0.497 e. The molecule has 1 aromatic heterocycles. The first-order chi connectivity index (χ1) is 19.6. The molecule has 1 saturated carbocycles. The number of nitrogens with zero attached hydrogens (tertiary/aromatic N) is 1. The molecule has 0 radical (unpaired) electrons. The second-order valence-corrected chi connectivity index (χ2v) is 13.8. The molecule has 5 rings (SSSR count). The van der Waals surface area contributed by atoms with Gasteiger partial charge >= 0.3 is 5.97 Å². The molecule has 2 N–H and O–H groups in total. The van der Waals surface area contributed by atoms with Crippen LogP contribution in [-0.2, 0) is 16.8 Å². The van der Waals surface area contributed by atoms with Crippen molar-refractivity contribution in [1.82, 2.24) is 4.98 Å². The van der Waals surface area contributed by atoms with Gasteiger partial charge in [-0.15, -0.1) is 11.3 Å². The Hall–Kier alpha value is -3.13. The smallest absolute Gasteiger partial charge is 0.303 e. The van der Waals surface area contributed by atoms with E-state index >= 15 is 0 Å². The number of hydrogen-bond acceptors (Lipinski definition) is 6. The Kier molecular flexibility index (Phi) is 8.88. The number of aliphatic carboxylic acids is 1. The van der Waals surface area contributed by atoms with Crippen molar-refractivity contribution < 1.29 is 19.7 Å². The summed E-state index contributed by atoms with van der Waals surface area (Å²) in [6.45, 7) is 3.66. The molecule has 3 aromatic carbocycles. The van der Waals surface area contributed by atoms with Gasteiger partial charge in [0.1, 0.15) is 10.8 Å². The van der Waals surface area contributed by atoms with E-state index in [1.165, 1.54) is 5.56 Å². The van der Waals surface area contributed by atoms with Crippen molar-refractivity contribution in [2.45, 2.75) is 56.8 Å². The van der Waals surface area contributed by atoms with Gasteiger partial charge in [-0.25, -0.2) is 4.98 Å². The zero-order chi connectivity index (χ0) is 29.0. The van der Waals surface area contributed by atoms with Crippen molar-refractivity contribution in [3.8, 4) is 5.75 Å². The largest absolute Gasteiger partial charge is 0.497 e. The van der Waals surface area contributed by atoms with E-state index in [9.17, 15) is 15.0 Å². The van der Waals surface area contributed by atoms with Gasteiger partial charge in [0.05, 0.1) is 29.3 Å². The summed E-state index contributed by atoms with van der Waals surface area (Å²) in [5.74, 6) is 0.959. The number of methoxy groups -OCH3 is 1. The summed E-state index contributed by atoms with van der Waals surface area (Å²) in [6.07, 6.45) is 8.10. The van der Waals surface area contributed by atoms with E-state index in [2.05, 4.69) is 42.5 Å². The summed E-state index contributed by atoms with van der Waals surface area (Å²) in [5.41, 5.74) is 4.43. The minimum absolute atomic E-state index is 0.0766. The maximum atomic E-state index is 11.5. The number of fused-ring (bicyclic) bond motifs is 1. The number of aryl methyl sites for hydroxylation is 1. The number of hydrogen-bond donors (Lipinski definition) is 2. The second-order valence-electron chi connectivity index (χ2n) is 11.5. The van der Waals surface area contributed by atoms with Crippen molar-refractivity contribution in [2.75, 3.05) is 12.9 Å². The molecule has 7 heteroatoms. The Morgan fingerprint density at radius 3 is 2.66 bits per heavy atom. The third-order valence-electron chi connectivity index (χ3n) is 7.74. The van der Waals surface area contributed by atoms with Crippen molar-refractivity contribution in [1.29, 1.82) is 0 Å². The van der Waals surface area contributed by atoms with E-state index in [0.717, 1.165) is 69.1 Å². The fraction of sp³-hybridized carbons (Fsp3) is 0.353. The van der Waals surface area contributed by atoms with Crippen molar-refractivity contribution in [3.63, 3.8) is 0 Å². The van der Waals surface area contributed by atoms with Gasteiger partial charge in [-0.1, -0.05) is 54.6 Å². The summed E-state index contributed by atoms with van der Waals surface area (Å²) in [7, 11) is 1.67. The molecule has 1 aliphatic carbocycles. The Bertz CT molecular complexity index is 1550. The van der Waals surface area contributed by atoms with Crippen LogP contribution in [0.25, 0.3) is 22.4 Å². The molecule has 1 aliphatic rings. The maximum Gasteiger partial charge on any atom is 0.303 e. The summed E-state index contributed by atoms with van der Waals surface area (Å²) in [5, 5.41) is 21.3. The molecule has 1 heterocycles. The van der Waals surface area contributed by atoms with Crippen LogP contribution in [0.1, 0.15) is 72.0 Å². The fourth-order valence-corrected chi connectivity index (χ4v) is 7.73. The van der Waals surface area contributed by atoms with Gasteiger partial charge in [-0.2, -0.15) is 11.8 Å². The van der Waals surface area contributed by atoms with Crippen LogP contribution in [0.4, 0.5) is 0 Å². The summed E-state index contributed by atoms with van der Waals surface area (Å²) < 4.78 is 6.44. The van der Waals surface area contributed by atoms with Crippen LogP contribution in [0, 0.1) is 5.41 Å². The molecule has 5 nitrogen and oxygen atoms in total. The van der Waals surface area contributed by atoms with Crippen molar-refractivity contribution in [2.24, 2.45) is 5.41 Å². The SMILES string of the molecule is COc1ccc2nc(/C=C/c3cccc([C@@H](CCc4ccccc4C(C)(C)O)SCC4(CC(=O)O)CC4)c3)sc2c1. The van der Waals surface area contributed by atoms with Gasteiger partial charge in [0.25, 0.3) is 0 Å². The van der Waals surface area contributed by atoms with E-state index in [1.54, 1.807) is 18.4 Å². The van der Waals surface area contributed by atoms with Crippen LogP contribution >= 0.6 is 23.1 Å². The maximum absolute atomic E-state index is 11.5. The molecule has 1 atom stereocenters. The molecule has 214 valence electrons. The zero-order valence-corrected chi connectivity index (χ0v) is 25.4. The van der Waals surface area contributed by atoms with Gasteiger partial charge in [-0.05, 0) is 91.5 Å². The molecule has 0 unspecified atom stereocenters. The lowest BCUT2D eigenvalue weighted by Crippen LogP contribution is -2.18. The predicted molar refractivity (Wildman–Crippen MR) is 171 cm³/mol. The number of thioether (sulfide) groups is 1. The average Bonchev–Trinajstić information content (AvgIpc) is 3.57.